The molecule has 0 saturated heterocycles. The molecular formula is C22H16BrN3O3. The lowest BCUT2D eigenvalue weighted by Gasteiger charge is -2.30. The minimum absolute atomic E-state index is 0.106. The lowest BCUT2D eigenvalue weighted by atomic mass is 9.81. The Morgan fingerprint density at radius 1 is 0.897 bits per heavy atom. The Hall–Kier alpha value is -3.19. The van der Waals surface area contributed by atoms with Crippen molar-refractivity contribution >= 4 is 33.2 Å². The summed E-state index contributed by atoms with van der Waals surface area (Å²) in [6.07, 6.45) is 0. The lowest BCUT2D eigenvalue weighted by Crippen LogP contribution is -2.42. The second kappa shape index (κ2) is 6.15. The number of halogens is 1. The monoisotopic (exact) mass is 449 g/mol. The summed E-state index contributed by atoms with van der Waals surface area (Å²) in [6, 6.07) is 14.9. The number of hydrogen-bond donors (Lipinski definition) is 1. The Labute approximate surface area is 174 Å². The molecule has 1 aliphatic carbocycles. The fourth-order valence-electron chi connectivity index (χ4n) is 4.28. The van der Waals surface area contributed by atoms with E-state index in [1.54, 1.807) is 13.1 Å². The van der Waals surface area contributed by atoms with Crippen LogP contribution < -0.4 is 16.6 Å². The molecule has 5 rings (SSSR count). The molecule has 1 aliphatic heterocycles. The molecule has 2 heterocycles. The fraction of sp³-hybridized carbons (Fsp3) is 0.136. The fourth-order valence-corrected chi connectivity index (χ4v) is 4.79. The zero-order valence-electron chi connectivity index (χ0n) is 15.7. The van der Waals surface area contributed by atoms with Crippen LogP contribution in [0.5, 0.6) is 0 Å². The van der Waals surface area contributed by atoms with Crippen molar-refractivity contribution in [3.63, 3.8) is 0 Å². The van der Waals surface area contributed by atoms with Crippen LogP contribution in [-0.4, -0.2) is 14.9 Å². The molecule has 1 aromatic heterocycles. The maximum Gasteiger partial charge on any atom is 0.332 e. The van der Waals surface area contributed by atoms with Gasteiger partial charge in [-0.1, -0.05) is 58.4 Å². The van der Waals surface area contributed by atoms with Gasteiger partial charge in [-0.05, 0) is 11.6 Å². The first-order chi connectivity index (χ1) is 13.9. The van der Waals surface area contributed by atoms with E-state index in [-0.39, 0.29) is 5.78 Å². The minimum Gasteiger partial charge on any atom is -0.340 e. The summed E-state index contributed by atoms with van der Waals surface area (Å²) in [5.74, 6) is -0.283. The summed E-state index contributed by atoms with van der Waals surface area (Å²) in [7, 11) is 3.08. The van der Waals surface area contributed by atoms with Crippen LogP contribution in [-0.2, 0) is 14.1 Å². The van der Waals surface area contributed by atoms with Crippen LogP contribution in [0.1, 0.15) is 33.0 Å². The molecule has 2 aliphatic rings. The Morgan fingerprint density at radius 3 is 2.28 bits per heavy atom. The van der Waals surface area contributed by atoms with Crippen LogP contribution in [0.4, 0.5) is 5.82 Å². The summed E-state index contributed by atoms with van der Waals surface area (Å²) in [4.78, 5) is 39.2. The highest BCUT2D eigenvalue weighted by Crippen LogP contribution is 2.48. The van der Waals surface area contributed by atoms with Gasteiger partial charge < -0.3 is 5.32 Å². The van der Waals surface area contributed by atoms with Crippen molar-refractivity contribution in [1.82, 2.24) is 9.13 Å². The molecule has 1 N–H and O–H groups in total. The Balaban J connectivity index is 1.92. The number of ketones is 1. The van der Waals surface area contributed by atoms with Crippen molar-refractivity contribution in [2.75, 3.05) is 5.32 Å². The average Bonchev–Trinajstić information content (AvgIpc) is 3.02. The molecule has 3 aromatic rings. The van der Waals surface area contributed by atoms with Gasteiger partial charge in [-0.15, -0.1) is 0 Å². The maximum absolute atomic E-state index is 13.4. The SMILES string of the molecule is Cn1c2c(c(=O)n(C)c1=O)C(c1ccccc1Br)C1=C(N2)c2ccccc2C1=O. The molecule has 1 unspecified atom stereocenters. The summed E-state index contributed by atoms with van der Waals surface area (Å²) >= 11 is 3.58. The Morgan fingerprint density at radius 2 is 1.55 bits per heavy atom. The van der Waals surface area contributed by atoms with E-state index in [1.165, 1.54) is 11.6 Å². The predicted molar refractivity (Wildman–Crippen MR) is 114 cm³/mol. The van der Waals surface area contributed by atoms with Gasteiger partial charge in [0.05, 0.1) is 17.2 Å². The van der Waals surface area contributed by atoms with Gasteiger partial charge in [0, 0.05) is 35.3 Å². The number of fused-ring (bicyclic) bond motifs is 3. The molecule has 0 bridgehead atoms. The van der Waals surface area contributed by atoms with E-state index >= 15 is 0 Å². The smallest absolute Gasteiger partial charge is 0.332 e. The second-order valence-corrected chi connectivity index (χ2v) is 8.07. The first kappa shape index (κ1) is 17.9. The van der Waals surface area contributed by atoms with Crippen molar-refractivity contribution in [3.8, 4) is 0 Å². The normalized spacial score (nSPS) is 16.9. The molecule has 29 heavy (non-hydrogen) atoms. The maximum atomic E-state index is 13.4. The number of carbonyl (C=O) groups is 1. The molecule has 1 atom stereocenters. The number of allylic oxidation sites excluding steroid dienone is 1. The van der Waals surface area contributed by atoms with Crippen molar-refractivity contribution in [1.29, 1.82) is 0 Å². The molecule has 0 spiro atoms. The standard InChI is InChI=1S/C22H16BrN3O3/c1-25-20-17(21(28)26(2)22(25)29)15(13-9-5-6-10-14(13)23)16-18(24-20)11-7-3-4-8-12(11)19(16)27/h3-10,15,24H,1-2H3. The Kier molecular flexibility index (Phi) is 3.79. The topological polar surface area (TPSA) is 73.1 Å². The summed E-state index contributed by atoms with van der Waals surface area (Å²) in [6.45, 7) is 0. The number of carbonyl (C=O) groups excluding carboxylic acids is 1. The zero-order valence-corrected chi connectivity index (χ0v) is 17.3. The lowest BCUT2D eigenvalue weighted by molar-refractivity contribution is 0.103. The third kappa shape index (κ3) is 2.31. The number of nitrogens with one attached hydrogen (secondary N) is 1. The van der Waals surface area contributed by atoms with E-state index in [0.29, 0.717) is 28.2 Å². The van der Waals surface area contributed by atoms with E-state index in [4.69, 9.17) is 0 Å². The number of hydrogen-bond acceptors (Lipinski definition) is 4. The predicted octanol–water partition coefficient (Wildman–Crippen LogP) is 3.01. The molecule has 0 fully saturated rings. The van der Waals surface area contributed by atoms with E-state index in [1.807, 2.05) is 42.5 Å². The van der Waals surface area contributed by atoms with Gasteiger partial charge in [0.2, 0.25) is 0 Å². The third-order valence-electron chi connectivity index (χ3n) is 5.69. The van der Waals surface area contributed by atoms with Gasteiger partial charge in [-0.2, -0.15) is 0 Å². The van der Waals surface area contributed by atoms with Crippen molar-refractivity contribution in [3.05, 3.63) is 102 Å². The van der Waals surface area contributed by atoms with E-state index < -0.39 is 17.2 Å². The number of benzene rings is 2. The molecule has 2 aromatic carbocycles. The van der Waals surface area contributed by atoms with Crippen molar-refractivity contribution in [2.24, 2.45) is 14.1 Å². The van der Waals surface area contributed by atoms with E-state index in [2.05, 4.69) is 21.2 Å². The highest BCUT2D eigenvalue weighted by atomic mass is 79.9. The Bertz CT molecular complexity index is 1380. The summed E-state index contributed by atoms with van der Waals surface area (Å²) < 4.78 is 3.31. The first-order valence-corrected chi connectivity index (χ1v) is 9.90. The van der Waals surface area contributed by atoms with E-state index in [0.717, 1.165) is 20.2 Å². The summed E-state index contributed by atoms with van der Waals surface area (Å²) in [5.41, 5.74) is 2.92. The number of Topliss-reactive ketones (excluding diaryl/α,β-unsaturated/α-hetero) is 1. The van der Waals surface area contributed by atoms with Crippen LogP contribution in [0.15, 0.2) is 68.2 Å². The average molecular weight is 450 g/mol. The van der Waals surface area contributed by atoms with Crippen LogP contribution in [0.25, 0.3) is 5.70 Å². The number of rotatable bonds is 1. The van der Waals surface area contributed by atoms with Crippen LogP contribution in [0.2, 0.25) is 0 Å². The molecule has 0 saturated carbocycles. The molecular weight excluding hydrogens is 434 g/mol. The highest BCUT2D eigenvalue weighted by Gasteiger charge is 2.43. The van der Waals surface area contributed by atoms with Gasteiger partial charge in [-0.3, -0.25) is 18.7 Å². The largest absolute Gasteiger partial charge is 0.340 e. The number of aromatic nitrogens is 2. The molecule has 0 amide bonds. The first-order valence-electron chi connectivity index (χ1n) is 9.11. The minimum atomic E-state index is -0.595. The number of anilines is 1. The molecule has 7 heteroatoms. The summed E-state index contributed by atoms with van der Waals surface area (Å²) in [5, 5.41) is 3.24. The van der Waals surface area contributed by atoms with E-state index in [9.17, 15) is 14.4 Å². The van der Waals surface area contributed by atoms with Gasteiger partial charge in [0.25, 0.3) is 5.56 Å². The van der Waals surface area contributed by atoms with Crippen molar-refractivity contribution < 1.29 is 4.79 Å². The van der Waals surface area contributed by atoms with Gasteiger partial charge >= 0.3 is 5.69 Å². The molecule has 144 valence electrons. The zero-order chi connectivity index (χ0) is 20.4. The quantitative estimate of drug-likeness (QED) is 0.619. The molecule has 6 nitrogen and oxygen atoms in total. The van der Waals surface area contributed by atoms with Crippen LogP contribution in [0, 0.1) is 0 Å². The van der Waals surface area contributed by atoms with Crippen LogP contribution in [0.3, 0.4) is 0 Å². The van der Waals surface area contributed by atoms with Gasteiger partial charge in [0.1, 0.15) is 5.82 Å². The highest BCUT2D eigenvalue weighted by molar-refractivity contribution is 9.10. The third-order valence-corrected chi connectivity index (χ3v) is 6.41. The molecule has 0 radical (unpaired) electrons. The number of nitrogens with zero attached hydrogens (tertiary/aromatic N) is 2. The van der Waals surface area contributed by atoms with Crippen LogP contribution >= 0.6 is 15.9 Å². The van der Waals surface area contributed by atoms with Gasteiger partial charge in [-0.25, -0.2) is 4.79 Å². The second-order valence-electron chi connectivity index (χ2n) is 7.21. The van der Waals surface area contributed by atoms with Gasteiger partial charge in [0.15, 0.2) is 5.78 Å². The van der Waals surface area contributed by atoms with Crippen molar-refractivity contribution in [2.45, 2.75) is 5.92 Å².